The van der Waals surface area contributed by atoms with Crippen molar-refractivity contribution in [1.82, 2.24) is 10.2 Å². The first-order chi connectivity index (χ1) is 8.72. The third-order valence-electron chi connectivity index (χ3n) is 3.34. The van der Waals surface area contributed by atoms with Crippen molar-refractivity contribution in [3.05, 3.63) is 28.2 Å². The molecule has 0 unspecified atom stereocenters. The number of nitrogens with one attached hydrogen (secondary N) is 1. The Morgan fingerprint density at radius 1 is 1.32 bits per heavy atom. The van der Waals surface area contributed by atoms with Crippen molar-refractivity contribution in [2.24, 2.45) is 0 Å². The summed E-state index contributed by atoms with van der Waals surface area (Å²) in [6.45, 7) is 3.92. The Morgan fingerprint density at radius 2 is 2.00 bits per heavy atom. The number of aliphatic hydroxyl groups excluding tert-OH is 1. The lowest BCUT2D eigenvalue weighted by molar-refractivity contribution is 0.139. The molecule has 1 aliphatic rings. The van der Waals surface area contributed by atoms with Crippen LogP contribution >= 0.6 is 28.3 Å². The van der Waals surface area contributed by atoms with Crippen LogP contribution in [0.1, 0.15) is 18.0 Å². The van der Waals surface area contributed by atoms with Crippen molar-refractivity contribution in [2.75, 3.05) is 32.8 Å². The number of rotatable bonds is 4. The second kappa shape index (κ2) is 8.07. The minimum Gasteiger partial charge on any atom is -0.508 e. The zero-order valence-corrected chi connectivity index (χ0v) is 13.1. The largest absolute Gasteiger partial charge is 0.508 e. The van der Waals surface area contributed by atoms with Gasteiger partial charge in [-0.25, -0.2) is 0 Å². The molecule has 0 saturated carbocycles. The van der Waals surface area contributed by atoms with Gasteiger partial charge in [-0.2, -0.15) is 0 Å². The molecule has 2 rings (SSSR count). The van der Waals surface area contributed by atoms with Gasteiger partial charge in [-0.1, -0.05) is 15.9 Å². The Balaban J connectivity index is 0.00000180. The maximum Gasteiger partial charge on any atom is 0.120 e. The molecule has 1 heterocycles. The van der Waals surface area contributed by atoms with Crippen LogP contribution in [0.15, 0.2) is 22.7 Å². The highest BCUT2D eigenvalue weighted by Crippen LogP contribution is 2.33. The lowest BCUT2D eigenvalue weighted by Gasteiger charge is -2.35. The average molecular weight is 352 g/mol. The summed E-state index contributed by atoms with van der Waals surface area (Å²) in [5, 5.41) is 22.6. The van der Waals surface area contributed by atoms with Crippen LogP contribution in [-0.4, -0.2) is 47.9 Å². The Labute approximate surface area is 128 Å². The standard InChI is InChI=1S/C13H19BrN2O2.ClH/c14-10-1-2-13(18)11(9-10)12(3-8-17)16-6-4-15-5-7-16;/h1-2,9,12,15,17-18H,3-8H2;1H/t12-;/m1./s1. The molecule has 1 aromatic rings. The summed E-state index contributed by atoms with van der Waals surface area (Å²) in [5.41, 5.74) is 0.889. The SMILES string of the molecule is Cl.OCC[C@H](c1cc(Br)ccc1O)N1CCNCC1. The first-order valence-corrected chi connectivity index (χ1v) is 7.05. The predicted molar refractivity (Wildman–Crippen MR) is 81.9 cm³/mol. The molecule has 0 aliphatic carbocycles. The van der Waals surface area contributed by atoms with Gasteiger partial charge < -0.3 is 15.5 Å². The normalized spacial score (nSPS) is 17.8. The van der Waals surface area contributed by atoms with Gasteiger partial charge in [-0.3, -0.25) is 4.90 Å². The minimum atomic E-state index is 0. The highest BCUT2D eigenvalue weighted by atomic mass is 79.9. The van der Waals surface area contributed by atoms with Gasteiger partial charge in [0.2, 0.25) is 0 Å². The van der Waals surface area contributed by atoms with Crippen LogP contribution in [0, 0.1) is 0 Å². The lowest BCUT2D eigenvalue weighted by Crippen LogP contribution is -2.45. The number of benzene rings is 1. The first kappa shape index (κ1) is 16.7. The van der Waals surface area contributed by atoms with Crippen LogP contribution in [-0.2, 0) is 0 Å². The lowest BCUT2D eigenvalue weighted by atomic mass is 10.0. The second-order valence-electron chi connectivity index (χ2n) is 4.52. The fourth-order valence-electron chi connectivity index (χ4n) is 2.44. The van der Waals surface area contributed by atoms with E-state index in [-0.39, 0.29) is 25.1 Å². The van der Waals surface area contributed by atoms with E-state index >= 15 is 0 Å². The summed E-state index contributed by atoms with van der Waals surface area (Å²) in [6, 6.07) is 5.55. The zero-order valence-electron chi connectivity index (χ0n) is 10.7. The molecule has 3 N–H and O–H groups in total. The van der Waals surface area contributed by atoms with Gasteiger partial charge in [-0.15, -0.1) is 12.4 Å². The van der Waals surface area contributed by atoms with Gasteiger partial charge in [0.15, 0.2) is 0 Å². The van der Waals surface area contributed by atoms with E-state index in [2.05, 4.69) is 26.1 Å². The van der Waals surface area contributed by atoms with Crippen molar-refractivity contribution in [3.63, 3.8) is 0 Å². The summed E-state index contributed by atoms with van der Waals surface area (Å²) in [6.07, 6.45) is 0.643. The molecule has 0 spiro atoms. The number of phenolic OH excluding ortho intramolecular Hbond substituents is 1. The molecular weight excluding hydrogens is 332 g/mol. The monoisotopic (exact) mass is 350 g/mol. The molecule has 1 aromatic carbocycles. The second-order valence-corrected chi connectivity index (χ2v) is 5.43. The average Bonchev–Trinajstić information content (AvgIpc) is 2.40. The first-order valence-electron chi connectivity index (χ1n) is 6.26. The van der Waals surface area contributed by atoms with Gasteiger partial charge in [-0.05, 0) is 24.6 Å². The van der Waals surface area contributed by atoms with E-state index in [1.807, 2.05) is 12.1 Å². The quantitative estimate of drug-likeness (QED) is 0.775. The number of aromatic hydroxyl groups is 1. The van der Waals surface area contributed by atoms with E-state index in [0.717, 1.165) is 36.2 Å². The zero-order chi connectivity index (χ0) is 13.0. The van der Waals surface area contributed by atoms with Gasteiger partial charge in [0.25, 0.3) is 0 Å². The molecule has 6 heteroatoms. The molecule has 108 valence electrons. The topological polar surface area (TPSA) is 55.7 Å². The van der Waals surface area contributed by atoms with Crippen molar-refractivity contribution in [3.8, 4) is 5.75 Å². The highest BCUT2D eigenvalue weighted by molar-refractivity contribution is 9.10. The van der Waals surface area contributed by atoms with E-state index in [9.17, 15) is 10.2 Å². The van der Waals surface area contributed by atoms with Gasteiger partial charge in [0, 0.05) is 48.9 Å². The van der Waals surface area contributed by atoms with E-state index in [1.54, 1.807) is 6.07 Å². The summed E-state index contributed by atoms with van der Waals surface area (Å²) in [5.74, 6) is 0.301. The van der Waals surface area contributed by atoms with Crippen molar-refractivity contribution in [2.45, 2.75) is 12.5 Å². The molecular formula is C13H20BrClN2O2. The molecule has 0 amide bonds. The van der Waals surface area contributed by atoms with Gasteiger partial charge >= 0.3 is 0 Å². The van der Waals surface area contributed by atoms with Crippen LogP contribution in [0.4, 0.5) is 0 Å². The molecule has 0 radical (unpaired) electrons. The van der Waals surface area contributed by atoms with Crippen LogP contribution in [0.5, 0.6) is 5.75 Å². The summed E-state index contributed by atoms with van der Waals surface area (Å²) in [4.78, 5) is 2.31. The molecule has 0 bridgehead atoms. The number of aliphatic hydroxyl groups is 1. The van der Waals surface area contributed by atoms with Crippen LogP contribution < -0.4 is 5.32 Å². The van der Waals surface area contributed by atoms with Crippen LogP contribution in [0.3, 0.4) is 0 Å². The van der Waals surface area contributed by atoms with E-state index < -0.39 is 0 Å². The van der Waals surface area contributed by atoms with E-state index in [0.29, 0.717) is 12.2 Å². The molecule has 1 atom stereocenters. The Bertz CT molecular complexity index is 400. The number of piperazine rings is 1. The smallest absolute Gasteiger partial charge is 0.120 e. The van der Waals surface area contributed by atoms with Crippen LogP contribution in [0.2, 0.25) is 0 Å². The van der Waals surface area contributed by atoms with Crippen molar-refractivity contribution in [1.29, 1.82) is 0 Å². The molecule has 4 nitrogen and oxygen atoms in total. The van der Waals surface area contributed by atoms with E-state index in [1.165, 1.54) is 0 Å². The molecule has 1 aliphatic heterocycles. The number of halogens is 2. The maximum atomic E-state index is 10.0. The molecule has 1 fully saturated rings. The van der Waals surface area contributed by atoms with Gasteiger partial charge in [0.1, 0.15) is 5.75 Å². The van der Waals surface area contributed by atoms with Crippen molar-refractivity contribution < 1.29 is 10.2 Å². The molecule has 1 saturated heterocycles. The Kier molecular flexibility index (Phi) is 7.10. The third-order valence-corrected chi connectivity index (χ3v) is 3.84. The Morgan fingerprint density at radius 3 is 2.63 bits per heavy atom. The summed E-state index contributed by atoms with van der Waals surface area (Å²) >= 11 is 3.44. The fraction of sp³-hybridized carbons (Fsp3) is 0.538. The van der Waals surface area contributed by atoms with Gasteiger partial charge in [0.05, 0.1) is 0 Å². The fourth-order valence-corrected chi connectivity index (χ4v) is 2.82. The maximum absolute atomic E-state index is 10.0. The Hall–Kier alpha value is -0.330. The number of hydrogen-bond donors (Lipinski definition) is 3. The van der Waals surface area contributed by atoms with Crippen molar-refractivity contribution >= 4 is 28.3 Å². The number of phenols is 1. The number of hydrogen-bond acceptors (Lipinski definition) is 4. The molecule has 0 aromatic heterocycles. The molecule has 19 heavy (non-hydrogen) atoms. The summed E-state index contributed by atoms with van der Waals surface area (Å²) < 4.78 is 0.952. The van der Waals surface area contributed by atoms with Crippen LogP contribution in [0.25, 0.3) is 0 Å². The predicted octanol–water partition coefficient (Wildman–Crippen LogP) is 1.91. The number of nitrogens with zero attached hydrogens (tertiary/aromatic N) is 1. The third kappa shape index (κ3) is 4.33. The van der Waals surface area contributed by atoms with E-state index in [4.69, 9.17) is 0 Å². The minimum absolute atomic E-state index is 0. The highest BCUT2D eigenvalue weighted by Gasteiger charge is 2.24. The summed E-state index contributed by atoms with van der Waals surface area (Å²) in [7, 11) is 0.